The molecule has 0 saturated carbocycles. The minimum atomic E-state index is -3.59. The van der Waals surface area contributed by atoms with E-state index < -0.39 is 10.0 Å². The maximum Gasteiger partial charge on any atom is 0.245 e. The van der Waals surface area contributed by atoms with Gasteiger partial charge in [0.25, 0.3) is 0 Å². The zero-order chi connectivity index (χ0) is 14.1. The molecule has 1 aromatic heterocycles. The van der Waals surface area contributed by atoms with Crippen LogP contribution < -0.4 is 4.72 Å². The summed E-state index contributed by atoms with van der Waals surface area (Å²) >= 11 is 5.95. The summed E-state index contributed by atoms with van der Waals surface area (Å²) in [5, 5.41) is 4.13. The monoisotopic (exact) mass is 293 g/mol. The van der Waals surface area contributed by atoms with E-state index in [9.17, 15) is 8.42 Å². The summed E-state index contributed by atoms with van der Waals surface area (Å²) in [6.45, 7) is 8.19. The fraction of sp³-hybridized carbons (Fsp3) is 0.727. The highest BCUT2D eigenvalue weighted by Gasteiger charge is 2.25. The Morgan fingerprint density at radius 3 is 2.33 bits per heavy atom. The van der Waals surface area contributed by atoms with Crippen molar-refractivity contribution in [1.29, 1.82) is 0 Å². The van der Waals surface area contributed by atoms with Crippen LogP contribution >= 0.6 is 11.6 Å². The lowest BCUT2D eigenvalue weighted by molar-refractivity contribution is 0.378. The lowest BCUT2D eigenvalue weighted by Gasteiger charge is -2.18. The first-order valence-corrected chi connectivity index (χ1v) is 7.59. The third-order valence-corrected chi connectivity index (χ3v) is 4.69. The Balaban J connectivity index is 2.88. The van der Waals surface area contributed by atoms with Crippen molar-refractivity contribution in [2.45, 2.75) is 39.0 Å². The van der Waals surface area contributed by atoms with E-state index in [0.29, 0.717) is 12.2 Å². The first-order valence-electron chi connectivity index (χ1n) is 5.73. The van der Waals surface area contributed by atoms with Gasteiger partial charge in [0, 0.05) is 13.6 Å². The molecule has 0 aliphatic heterocycles. The van der Waals surface area contributed by atoms with Crippen LogP contribution in [0, 0.1) is 12.3 Å². The van der Waals surface area contributed by atoms with Crippen molar-refractivity contribution in [3.63, 3.8) is 0 Å². The van der Waals surface area contributed by atoms with Crippen molar-refractivity contribution >= 4 is 21.6 Å². The van der Waals surface area contributed by atoms with Crippen molar-refractivity contribution in [2.75, 3.05) is 6.54 Å². The van der Waals surface area contributed by atoms with Gasteiger partial charge >= 0.3 is 0 Å². The van der Waals surface area contributed by atoms with E-state index in [1.807, 2.05) is 0 Å². The summed E-state index contributed by atoms with van der Waals surface area (Å²) in [7, 11) is -1.97. The Bertz CT molecular complexity index is 529. The van der Waals surface area contributed by atoms with Crippen molar-refractivity contribution < 1.29 is 8.42 Å². The van der Waals surface area contributed by atoms with Crippen LogP contribution in [-0.2, 0) is 17.1 Å². The van der Waals surface area contributed by atoms with Crippen molar-refractivity contribution in [3.05, 3.63) is 10.8 Å². The van der Waals surface area contributed by atoms with Crippen molar-refractivity contribution in [2.24, 2.45) is 12.5 Å². The highest BCUT2D eigenvalue weighted by atomic mass is 35.5. The number of aryl methyl sites for hydroxylation is 2. The third kappa shape index (κ3) is 3.70. The van der Waals surface area contributed by atoms with Gasteiger partial charge in [-0.3, -0.25) is 4.68 Å². The second-order valence-corrected chi connectivity index (χ2v) is 7.60. The molecule has 0 radical (unpaired) electrons. The average Bonchev–Trinajstić information content (AvgIpc) is 2.38. The Kier molecular flexibility index (Phi) is 4.46. The fourth-order valence-electron chi connectivity index (χ4n) is 1.55. The second kappa shape index (κ2) is 5.19. The molecule has 1 heterocycles. The first kappa shape index (κ1) is 15.5. The van der Waals surface area contributed by atoms with E-state index in [-0.39, 0.29) is 15.5 Å². The zero-order valence-corrected chi connectivity index (χ0v) is 13.0. The smallest absolute Gasteiger partial charge is 0.245 e. The minimum Gasteiger partial charge on any atom is -0.255 e. The largest absolute Gasteiger partial charge is 0.255 e. The molecule has 0 aliphatic rings. The topological polar surface area (TPSA) is 64.0 Å². The van der Waals surface area contributed by atoms with Gasteiger partial charge in [-0.05, 0) is 18.8 Å². The predicted molar refractivity (Wildman–Crippen MR) is 72.2 cm³/mol. The van der Waals surface area contributed by atoms with Gasteiger partial charge in [0.1, 0.15) is 10.0 Å². The number of nitrogens with one attached hydrogen (secondary N) is 1. The van der Waals surface area contributed by atoms with Crippen molar-refractivity contribution in [1.82, 2.24) is 14.5 Å². The lowest BCUT2D eigenvalue weighted by Crippen LogP contribution is -2.28. The SMILES string of the molecule is Cc1nn(C)c(Cl)c1S(=O)(=O)NCCC(C)(C)C. The van der Waals surface area contributed by atoms with Gasteiger partial charge < -0.3 is 0 Å². The van der Waals surface area contributed by atoms with Gasteiger partial charge in [0.05, 0.1) is 5.69 Å². The maximum absolute atomic E-state index is 12.1. The van der Waals surface area contributed by atoms with Crippen LogP contribution in [0.3, 0.4) is 0 Å². The standard InChI is InChI=1S/C11H20ClN3O2S/c1-8-9(10(12)15(5)14-8)18(16,17)13-7-6-11(2,3)4/h13H,6-7H2,1-5H3. The lowest BCUT2D eigenvalue weighted by atomic mass is 9.93. The summed E-state index contributed by atoms with van der Waals surface area (Å²) in [5.41, 5.74) is 0.488. The van der Waals surface area contributed by atoms with Gasteiger partial charge in [0.15, 0.2) is 0 Å². The van der Waals surface area contributed by atoms with Crippen LogP contribution in [0.15, 0.2) is 4.90 Å². The highest BCUT2D eigenvalue weighted by molar-refractivity contribution is 7.89. The number of halogens is 1. The Labute approximate surface area is 114 Å². The molecule has 7 heteroatoms. The highest BCUT2D eigenvalue weighted by Crippen LogP contribution is 2.24. The van der Waals surface area contributed by atoms with Gasteiger partial charge in [-0.25, -0.2) is 13.1 Å². The van der Waals surface area contributed by atoms with Crippen molar-refractivity contribution in [3.8, 4) is 0 Å². The van der Waals surface area contributed by atoms with Crippen LogP contribution in [0.4, 0.5) is 0 Å². The van der Waals surface area contributed by atoms with Gasteiger partial charge in [-0.1, -0.05) is 32.4 Å². The molecule has 0 amide bonds. The fourth-order valence-corrected chi connectivity index (χ4v) is 3.33. The molecule has 0 fully saturated rings. The number of rotatable bonds is 4. The Morgan fingerprint density at radius 1 is 1.39 bits per heavy atom. The molecule has 1 aromatic rings. The van der Waals surface area contributed by atoms with Crippen LogP contribution in [0.25, 0.3) is 0 Å². The molecule has 1 rings (SSSR count). The summed E-state index contributed by atoms with van der Waals surface area (Å²) < 4.78 is 28.2. The maximum atomic E-state index is 12.1. The van der Waals surface area contributed by atoms with E-state index in [4.69, 9.17) is 11.6 Å². The number of hydrogen-bond donors (Lipinski definition) is 1. The molecular formula is C11H20ClN3O2S. The number of aromatic nitrogens is 2. The molecule has 1 N–H and O–H groups in total. The van der Waals surface area contributed by atoms with E-state index in [2.05, 4.69) is 30.6 Å². The summed E-state index contributed by atoms with van der Waals surface area (Å²) in [5.74, 6) is 0. The minimum absolute atomic E-state index is 0.0700. The zero-order valence-electron chi connectivity index (χ0n) is 11.4. The molecule has 18 heavy (non-hydrogen) atoms. The van der Waals surface area contributed by atoms with E-state index in [1.54, 1.807) is 14.0 Å². The van der Waals surface area contributed by atoms with E-state index >= 15 is 0 Å². The molecule has 0 bridgehead atoms. The molecule has 0 aliphatic carbocycles. The van der Waals surface area contributed by atoms with Gasteiger partial charge in [0.2, 0.25) is 10.0 Å². The molecular weight excluding hydrogens is 274 g/mol. The predicted octanol–water partition coefficient (Wildman–Crippen LogP) is 2.10. The Hall–Kier alpha value is -0.590. The van der Waals surface area contributed by atoms with Crippen LogP contribution in [-0.4, -0.2) is 24.7 Å². The summed E-state index contributed by atoms with van der Waals surface area (Å²) in [6, 6.07) is 0. The number of sulfonamides is 1. The van der Waals surface area contributed by atoms with Gasteiger partial charge in [-0.2, -0.15) is 5.10 Å². The van der Waals surface area contributed by atoms with Gasteiger partial charge in [-0.15, -0.1) is 0 Å². The van der Waals surface area contributed by atoms with E-state index in [0.717, 1.165) is 6.42 Å². The molecule has 0 spiro atoms. The average molecular weight is 294 g/mol. The quantitative estimate of drug-likeness (QED) is 0.924. The summed E-state index contributed by atoms with van der Waals surface area (Å²) in [6.07, 6.45) is 0.753. The van der Waals surface area contributed by atoms with E-state index in [1.165, 1.54) is 4.68 Å². The normalized spacial score (nSPS) is 13.0. The summed E-state index contributed by atoms with van der Waals surface area (Å²) in [4.78, 5) is 0.0700. The number of hydrogen-bond acceptors (Lipinski definition) is 3. The van der Waals surface area contributed by atoms with Crippen LogP contribution in [0.2, 0.25) is 5.15 Å². The van der Waals surface area contributed by atoms with Crippen LogP contribution in [0.5, 0.6) is 0 Å². The first-order chi connectivity index (χ1) is 8.04. The molecule has 0 atom stereocenters. The second-order valence-electron chi connectivity index (χ2n) is 5.54. The molecule has 0 aromatic carbocycles. The Morgan fingerprint density at radius 2 is 1.94 bits per heavy atom. The third-order valence-electron chi connectivity index (χ3n) is 2.54. The number of nitrogens with zero attached hydrogens (tertiary/aromatic N) is 2. The van der Waals surface area contributed by atoms with Crippen LogP contribution in [0.1, 0.15) is 32.9 Å². The molecule has 5 nitrogen and oxygen atoms in total. The molecule has 104 valence electrons. The molecule has 0 unspecified atom stereocenters. The molecule has 0 saturated heterocycles.